The van der Waals surface area contributed by atoms with Gasteiger partial charge in [0.2, 0.25) is 0 Å². The Balaban J connectivity index is 2.20. The molecule has 0 aliphatic heterocycles. The van der Waals surface area contributed by atoms with Gasteiger partial charge in [0.15, 0.2) is 0 Å². The molecule has 26 heavy (non-hydrogen) atoms. The highest BCUT2D eigenvalue weighted by Crippen LogP contribution is 2.30. The van der Waals surface area contributed by atoms with Crippen LogP contribution in [0.25, 0.3) is 0 Å². The summed E-state index contributed by atoms with van der Waals surface area (Å²) < 4.78 is 13.3. The summed E-state index contributed by atoms with van der Waals surface area (Å²) in [6.45, 7) is 4.95. The van der Waals surface area contributed by atoms with Gasteiger partial charge < -0.3 is 4.90 Å². The minimum atomic E-state index is -0.233. The lowest BCUT2D eigenvalue weighted by Gasteiger charge is -2.13. The fraction of sp³-hybridized carbons (Fsp3) is 0.300. The van der Waals surface area contributed by atoms with Gasteiger partial charge in [0, 0.05) is 36.9 Å². The van der Waals surface area contributed by atoms with Crippen LogP contribution in [0.3, 0.4) is 0 Å². The van der Waals surface area contributed by atoms with Crippen LogP contribution in [0.2, 0.25) is 5.02 Å². The molecule has 2 rings (SSSR count). The highest BCUT2D eigenvalue weighted by Gasteiger charge is 2.11. The Morgan fingerprint density at radius 1 is 1.31 bits per heavy atom. The molecular formula is C20H23ClFN3S. The summed E-state index contributed by atoms with van der Waals surface area (Å²) in [5.41, 5.74) is 3.70. The Bertz CT molecular complexity index is 821. The molecular weight excluding hydrogens is 369 g/mol. The van der Waals surface area contributed by atoms with Crippen molar-refractivity contribution in [3.63, 3.8) is 0 Å². The van der Waals surface area contributed by atoms with Crippen molar-refractivity contribution >= 4 is 41.1 Å². The van der Waals surface area contributed by atoms with E-state index in [2.05, 4.69) is 16.9 Å². The van der Waals surface area contributed by atoms with Crippen LogP contribution < -0.4 is 0 Å². The van der Waals surface area contributed by atoms with Crippen molar-refractivity contribution in [3.05, 3.63) is 58.4 Å². The van der Waals surface area contributed by atoms with E-state index in [1.807, 2.05) is 37.1 Å². The minimum Gasteiger partial charge on any atom is -0.366 e. The zero-order valence-corrected chi connectivity index (χ0v) is 17.0. The average Bonchev–Trinajstić information content (AvgIpc) is 2.63. The third-order valence-corrected chi connectivity index (χ3v) is 5.25. The number of hydrogen-bond donors (Lipinski definition) is 0. The van der Waals surface area contributed by atoms with Gasteiger partial charge in [-0.3, -0.25) is 4.99 Å². The molecule has 2 aromatic rings. The van der Waals surface area contributed by atoms with Gasteiger partial charge in [-0.2, -0.15) is 0 Å². The van der Waals surface area contributed by atoms with Gasteiger partial charge in [0.05, 0.1) is 22.8 Å². The maximum absolute atomic E-state index is 13.3. The Kier molecular flexibility index (Phi) is 7.66. The quantitative estimate of drug-likeness (QED) is 0.348. The number of halogens is 2. The first-order valence-electron chi connectivity index (χ1n) is 8.33. The van der Waals surface area contributed by atoms with Gasteiger partial charge in [0.1, 0.15) is 5.82 Å². The predicted molar refractivity (Wildman–Crippen MR) is 112 cm³/mol. The summed E-state index contributed by atoms with van der Waals surface area (Å²) in [6.07, 6.45) is 1.77. The van der Waals surface area contributed by atoms with E-state index in [-0.39, 0.29) is 5.82 Å². The number of rotatable bonds is 7. The highest BCUT2D eigenvalue weighted by atomic mass is 35.5. The monoisotopic (exact) mass is 391 g/mol. The largest absolute Gasteiger partial charge is 0.366 e. The van der Waals surface area contributed by atoms with E-state index < -0.39 is 0 Å². The number of thioether (sulfide) groups is 1. The summed E-state index contributed by atoms with van der Waals surface area (Å²) in [4.78, 5) is 11.7. The van der Waals surface area contributed by atoms with Gasteiger partial charge in [-0.25, -0.2) is 9.38 Å². The lowest BCUT2D eigenvalue weighted by atomic mass is 10.0. The van der Waals surface area contributed by atoms with E-state index in [9.17, 15) is 4.39 Å². The Hall–Kier alpha value is -1.85. The second-order valence-corrected chi connectivity index (χ2v) is 7.31. The molecule has 0 radical (unpaired) electrons. The Labute approximate surface area is 164 Å². The first-order valence-corrected chi connectivity index (χ1v) is 9.70. The number of aryl methyl sites for hydroxylation is 1. The standard InChI is InChI=1S/C20H23ClFN3S/c1-5-25(4)13-24-19-9-14(2)17(11-18(19)21)20(23-3)12-26-16-8-6-7-15(22)10-16/h6-11,13H,5,12H2,1-4H3/b23-20+,24-13?. The molecule has 2 aromatic carbocycles. The molecule has 0 N–H and O–H groups in total. The van der Waals surface area contributed by atoms with Crippen LogP contribution >= 0.6 is 23.4 Å². The fourth-order valence-electron chi connectivity index (χ4n) is 2.29. The zero-order chi connectivity index (χ0) is 19.1. The topological polar surface area (TPSA) is 28.0 Å². The summed E-state index contributed by atoms with van der Waals surface area (Å²) in [5.74, 6) is 0.404. The molecule has 0 saturated carbocycles. The normalized spacial score (nSPS) is 12.0. The first-order chi connectivity index (χ1) is 12.4. The molecule has 0 saturated heterocycles. The molecule has 0 unspecified atom stereocenters. The van der Waals surface area contributed by atoms with Crippen molar-refractivity contribution in [3.8, 4) is 0 Å². The van der Waals surface area contributed by atoms with E-state index >= 15 is 0 Å². The Morgan fingerprint density at radius 2 is 2.08 bits per heavy atom. The van der Waals surface area contributed by atoms with Crippen LogP contribution in [0, 0.1) is 12.7 Å². The minimum absolute atomic E-state index is 0.233. The van der Waals surface area contributed by atoms with Gasteiger partial charge in [-0.05, 0) is 49.7 Å². The van der Waals surface area contributed by atoms with E-state index in [0.717, 1.165) is 34.0 Å². The van der Waals surface area contributed by atoms with Gasteiger partial charge in [-0.1, -0.05) is 17.7 Å². The summed E-state index contributed by atoms with van der Waals surface area (Å²) in [6, 6.07) is 10.4. The van der Waals surface area contributed by atoms with Crippen LogP contribution in [-0.4, -0.2) is 43.3 Å². The molecule has 6 heteroatoms. The van der Waals surface area contributed by atoms with Crippen LogP contribution in [0.1, 0.15) is 18.1 Å². The van der Waals surface area contributed by atoms with Crippen LogP contribution in [0.5, 0.6) is 0 Å². The molecule has 0 fully saturated rings. The lowest BCUT2D eigenvalue weighted by molar-refractivity contribution is 0.552. The predicted octanol–water partition coefficient (Wildman–Crippen LogP) is 5.61. The second-order valence-electron chi connectivity index (χ2n) is 5.85. The molecule has 0 atom stereocenters. The smallest absolute Gasteiger partial charge is 0.124 e. The third kappa shape index (κ3) is 5.58. The highest BCUT2D eigenvalue weighted by molar-refractivity contribution is 8.00. The molecule has 138 valence electrons. The lowest BCUT2D eigenvalue weighted by Crippen LogP contribution is -2.14. The molecule has 0 aliphatic carbocycles. The van der Waals surface area contributed by atoms with Crippen LogP contribution in [-0.2, 0) is 0 Å². The zero-order valence-electron chi connectivity index (χ0n) is 15.5. The Morgan fingerprint density at radius 3 is 2.73 bits per heavy atom. The van der Waals surface area contributed by atoms with Gasteiger partial charge >= 0.3 is 0 Å². The number of hydrogen-bond acceptors (Lipinski definition) is 3. The van der Waals surface area contributed by atoms with Gasteiger partial charge in [-0.15, -0.1) is 11.8 Å². The summed E-state index contributed by atoms with van der Waals surface area (Å²) in [7, 11) is 3.72. The average molecular weight is 392 g/mol. The molecule has 0 aromatic heterocycles. The first kappa shape index (κ1) is 20.5. The third-order valence-electron chi connectivity index (χ3n) is 3.94. The molecule has 0 amide bonds. The van der Waals surface area contributed by atoms with E-state index in [4.69, 9.17) is 11.6 Å². The number of aliphatic imine (C=N–C) groups is 2. The van der Waals surface area contributed by atoms with Crippen molar-refractivity contribution in [2.45, 2.75) is 18.7 Å². The molecule has 0 bridgehead atoms. The molecule has 0 aliphatic rings. The van der Waals surface area contributed by atoms with Crippen molar-refractivity contribution in [1.29, 1.82) is 0 Å². The SMILES string of the molecule is CCN(C)C=Nc1cc(C)c(/C(CSc2cccc(F)c2)=N/C)cc1Cl. The molecule has 0 heterocycles. The van der Waals surface area contributed by atoms with Crippen LogP contribution in [0.4, 0.5) is 10.1 Å². The van der Waals surface area contributed by atoms with Crippen molar-refractivity contribution in [2.75, 3.05) is 26.4 Å². The number of nitrogens with zero attached hydrogens (tertiary/aromatic N) is 3. The number of benzene rings is 2. The van der Waals surface area contributed by atoms with E-state index in [0.29, 0.717) is 10.8 Å². The van der Waals surface area contributed by atoms with Crippen LogP contribution in [0.15, 0.2) is 51.3 Å². The van der Waals surface area contributed by atoms with E-state index in [1.165, 1.54) is 12.1 Å². The maximum atomic E-state index is 13.3. The fourth-order valence-corrected chi connectivity index (χ4v) is 3.46. The van der Waals surface area contributed by atoms with Crippen molar-refractivity contribution in [1.82, 2.24) is 4.90 Å². The second kappa shape index (κ2) is 9.74. The summed E-state index contributed by atoms with van der Waals surface area (Å²) >= 11 is 7.97. The maximum Gasteiger partial charge on any atom is 0.124 e. The molecule has 0 spiro atoms. The summed E-state index contributed by atoms with van der Waals surface area (Å²) in [5, 5.41) is 0.586. The molecule has 3 nitrogen and oxygen atoms in total. The van der Waals surface area contributed by atoms with Gasteiger partial charge in [0.25, 0.3) is 0 Å². The van der Waals surface area contributed by atoms with E-state index in [1.54, 1.807) is 31.2 Å². The van der Waals surface area contributed by atoms with Crippen molar-refractivity contribution in [2.24, 2.45) is 9.98 Å². The van der Waals surface area contributed by atoms with Crippen molar-refractivity contribution < 1.29 is 4.39 Å².